The molecular weight excluding hydrogens is 483 g/mol. The van der Waals surface area contributed by atoms with Gasteiger partial charge in [-0.1, -0.05) is 12.1 Å². The highest BCUT2D eigenvalue weighted by atomic mass is 127. The number of guanidine groups is 1. The zero-order valence-electron chi connectivity index (χ0n) is 17.6. The van der Waals surface area contributed by atoms with Crippen LogP contribution in [0.3, 0.4) is 0 Å². The van der Waals surface area contributed by atoms with E-state index in [0.717, 1.165) is 49.8 Å². The number of fused-ring (bicyclic) bond motifs is 1. The Bertz CT molecular complexity index is 739. The molecule has 1 aromatic rings. The number of nitrogens with zero attached hydrogens (tertiary/aromatic N) is 2. The molecular formula is C21H33IN4O3. The lowest BCUT2D eigenvalue weighted by atomic mass is 9.95. The number of hydrogen-bond acceptors (Lipinski definition) is 4. The molecule has 0 bridgehead atoms. The maximum Gasteiger partial charge on any atom is 0.217 e. The predicted molar refractivity (Wildman–Crippen MR) is 125 cm³/mol. The van der Waals surface area contributed by atoms with Gasteiger partial charge in [0.2, 0.25) is 5.91 Å². The molecule has 3 rings (SSSR count). The van der Waals surface area contributed by atoms with Crippen molar-refractivity contribution in [2.75, 3.05) is 33.3 Å². The van der Waals surface area contributed by atoms with Gasteiger partial charge in [0.15, 0.2) is 17.5 Å². The molecule has 162 valence electrons. The molecule has 2 aliphatic rings. The Morgan fingerprint density at radius 2 is 2.24 bits per heavy atom. The highest BCUT2D eigenvalue weighted by Gasteiger charge is 2.32. The molecule has 0 spiro atoms. The first kappa shape index (κ1) is 23.6. The number of halogens is 1. The van der Waals surface area contributed by atoms with Crippen LogP contribution in [0, 0.1) is 5.92 Å². The summed E-state index contributed by atoms with van der Waals surface area (Å²) in [5.41, 5.74) is 6.37. The molecule has 0 aromatic heterocycles. The van der Waals surface area contributed by atoms with E-state index in [1.807, 2.05) is 12.1 Å². The lowest BCUT2D eigenvalue weighted by Gasteiger charge is -2.34. The van der Waals surface area contributed by atoms with Crippen LogP contribution in [0.2, 0.25) is 0 Å². The number of likely N-dealkylation sites (tertiary alicyclic amines) is 1. The highest BCUT2D eigenvalue weighted by Crippen LogP contribution is 2.41. The fraction of sp³-hybridized carbons (Fsp3) is 0.619. The SMILES string of the molecule is CN=C(NCCOc1cccc2c1OC(C)(C)C2)N1CCCC(CC(N)=O)C1.I. The Balaban J connectivity index is 0.00000300. The first-order valence-electron chi connectivity index (χ1n) is 10.1. The number of para-hydroxylation sites is 1. The van der Waals surface area contributed by atoms with Crippen molar-refractivity contribution in [2.45, 2.75) is 45.1 Å². The summed E-state index contributed by atoms with van der Waals surface area (Å²) in [4.78, 5) is 17.8. The van der Waals surface area contributed by atoms with Crippen molar-refractivity contribution < 1.29 is 14.3 Å². The van der Waals surface area contributed by atoms with Gasteiger partial charge in [-0.15, -0.1) is 24.0 Å². The van der Waals surface area contributed by atoms with Gasteiger partial charge in [-0.05, 0) is 38.7 Å². The number of primary amides is 1. The van der Waals surface area contributed by atoms with E-state index in [1.165, 1.54) is 5.56 Å². The van der Waals surface area contributed by atoms with Gasteiger partial charge in [-0.25, -0.2) is 0 Å². The number of piperidine rings is 1. The molecule has 1 unspecified atom stereocenters. The summed E-state index contributed by atoms with van der Waals surface area (Å²) in [5.74, 6) is 2.56. The Labute approximate surface area is 190 Å². The summed E-state index contributed by atoms with van der Waals surface area (Å²) in [6, 6.07) is 6.06. The van der Waals surface area contributed by atoms with Crippen molar-refractivity contribution in [3.63, 3.8) is 0 Å². The standard InChI is InChI=1S/C21H32N4O3.HI/c1-21(2)13-16-7-4-8-17(19(16)28-21)27-11-9-24-20(23-3)25-10-5-6-15(14-25)12-18(22)26;/h4,7-8,15H,5-6,9-14H2,1-3H3,(H2,22,26)(H,23,24);1H. The third-order valence-electron chi connectivity index (χ3n) is 5.22. The molecule has 1 aromatic carbocycles. The Morgan fingerprint density at radius 3 is 2.97 bits per heavy atom. The number of nitrogens with two attached hydrogens (primary N) is 1. The normalized spacial score (nSPS) is 20.3. The average molecular weight is 516 g/mol. The van der Waals surface area contributed by atoms with E-state index < -0.39 is 0 Å². The van der Waals surface area contributed by atoms with Crippen LogP contribution in [-0.2, 0) is 11.2 Å². The van der Waals surface area contributed by atoms with Gasteiger partial charge in [0.05, 0.1) is 6.54 Å². The van der Waals surface area contributed by atoms with Gasteiger partial charge < -0.3 is 25.4 Å². The molecule has 0 saturated carbocycles. The third kappa shape index (κ3) is 6.38. The number of carbonyl (C=O) groups is 1. The lowest BCUT2D eigenvalue weighted by molar-refractivity contribution is -0.119. The second kappa shape index (κ2) is 10.4. The molecule has 1 amide bonds. The minimum Gasteiger partial charge on any atom is -0.488 e. The lowest BCUT2D eigenvalue weighted by Crippen LogP contribution is -2.48. The molecule has 2 aliphatic heterocycles. The van der Waals surface area contributed by atoms with Crippen molar-refractivity contribution in [1.29, 1.82) is 0 Å². The molecule has 1 saturated heterocycles. The Hall–Kier alpha value is -1.71. The zero-order chi connectivity index (χ0) is 20.1. The summed E-state index contributed by atoms with van der Waals surface area (Å²) in [7, 11) is 1.78. The summed E-state index contributed by atoms with van der Waals surface area (Å²) in [6.07, 6.45) is 3.41. The number of nitrogens with one attached hydrogen (secondary N) is 1. The summed E-state index contributed by atoms with van der Waals surface area (Å²) in [6.45, 7) is 7.07. The molecule has 3 N–H and O–H groups in total. The van der Waals surface area contributed by atoms with Crippen LogP contribution >= 0.6 is 24.0 Å². The van der Waals surface area contributed by atoms with Crippen LogP contribution in [0.25, 0.3) is 0 Å². The maximum atomic E-state index is 11.2. The highest BCUT2D eigenvalue weighted by molar-refractivity contribution is 14.0. The van der Waals surface area contributed by atoms with E-state index in [4.69, 9.17) is 15.2 Å². The van der Waals surface area contributed by atoms with E-state index >= 15 is 0 Å². The molecule has 8 heteroatoms. The van der Waals surface area contributed by atoms with Gasteiger partial charge in [-0.2, -0.15) is 0 Å². The van der Waals surface area contributed by atoms with Crippen LogP contribution in [0.5, 0.6) is 11.5 Å². The van der Waals surface area contributed by atoms with E-state index in [2.05, 4.69) is 35.1 Å². The molecule has 7 nitrogen and oxygen atoms in total. The largest absolute Gasteiger partial charge is 0.488 e. The first-order valence-corrected chi connectivity index (χ1v) is 10.1. The fourth-order valence-corrected chi connectivity index (χ4v) is 4.07. The topological polar surface area (TPSA) is 89.2 Å². The minimum absolute atomic E-state index is 0. The number of ether oxygens (including phenoxy) is 2. The monoisotopic (exact) mass is 516 g/mol. The number of aliphatic imine (C=N–C) groups is 1. The number of amides is 1. The van der Waals surface area contributed by atoms with Gasteiger partial charge in [0.25, 0.3) is 0 Å². The van der Waals surface area contributed by atoms with Crippen molar-refractivity contribution >= 4 is 35.8 Å². The quantitative estimate of drug-likeness (QED) is 0.263. The van der Waals surface area contributed by atoms with Gasteiger partial charge >= 0.3 is 0 Å². The molecule has 0 radical (unpaired) electrons. The van der Waals surface area contributed by atoms with Crippen LogP contribution in [0.1, 0.15) is 38.7 Å². The maximum absolute atomic E-state index is 11.2. The van der Waals surface area contributed by atoms with Gasteiger partial charge in [0, 0.05) is 38.5 Å². The van der Waals surface area contributed by atoms with Crippen molar-refractivity contribution in [3.05, 3.63) is 23.8 Å². The minimum atomic E-state index is -0.232. The van der Waals surface area contributed by atoms with E-state index in [9.17, 15) is 4.79 Å². The molecule has 29 heavy (non-hydrogen) atoms. The summed E-state index contributed by atoms with van der Waals surface area (Å²) < 4.78 is 12.0. The Morgan fingerprint density at radius 1 is 1.45 bits per heavy atom. The molecule has 1 fully saturated rings. The summed E-state index contributed by atoms with van der Waals surface area (Å²) >= 11 is 0. The van der Waals surface area contributed by atoms with Crippen molar-refractivity contribution in [3.8, 4) is 11.5 Å². The zero-order valence-corrected chi connectivity index (χ0v) is 19.9. The number of rotatable bonds is 6. The molecule has 2 heterocycles. The van der Waals surface area contributed by atoms with Crippen LogP contribution < -0.4 is 20.5 Å². The van der Waals surface area contributed by atoms with E-state index in [-0.39, 0.29) is 35.5 Å². The third-order valence-corrected chi connectivity index (χ3v) is 5.22. The van der Waals surface area contributed by atoms with E-state index in [0.29, 0.717) is 25.5 Å². The molecule has 1 atom stereocenters. The first-order chi connectivity index (χ1) is 13.4. The number of carbonyl (C=O) groups excluding carboxylic acids is 1. The smallest absolute Gasteiger partial charge is 0.217 e. The summed E-state index contributed by atoms with van der Waals surface area (Å²) in [5, 5.41) is 3.36. The van der Waals surface area contributed by atoms with Gasteiger partial charge in [-0.3, -0.25) is 9.79 Å². The second-order valence-electron chi connectivity index (χ2n) is 8.23. The van der Waals surface area contributed by atoms with Crippen LogP contribution in [0.15, 0.2) is 23.2 Å². The number of benzene rings is 1. The van der Waals surface area contributed by atoms with Crippen molar-refractivity contribution in [1.82, 2.24) is 10.2 Å². The van der Waals surface area contributed by atoms with Crippen LogP contribution in [0.4, 0.5) is 0 Å². The van der Waals surface area contributed by atoms with E-state index in [1.54, 1.807) is 7.05 Å². The van der Waals surface area contributed by atoms with Crippen LogP contribution in [-0.4, -0.2) is 55.7 Å². The molecule has 0 aliphatic carbocycles. The van der Waals surface area contributed by atoms with Gasteiger partial charge in [0.1, 0.15) is 12.2 Å². The number of hydrogen-bond donors (Lipinski definition) is 2. The predicted octanol–water partition coefficient (Wildman–Crippen LogP) is 2.56. The second-order valence-corrected chi connectivity index (χ2v) is 8.23. The Kier molecular flexibility index (Phi) is 8.42. The van der Waals surface area contributed by atoms with Crippen molar-refractivity contribution in [2.24, 2.45) is 16.6 Å². The fourth-order valence-electron chi connectivity index (χ4n) is 4.07. The average Bonchev–Trinajstić information content (AvgIpc) is 2.96.